The molecule has 1 saturated carbocycles. The number of benzene rings is 1. The van der Waals surface area contributed by atoms with Crippen molar-refractivity contribution in [3.05, 3.63) is 29.3 Å². The number of anilines is 1. The number of rotatable bonds is 4. The first kappa shape index (κ1) is 23.5. The van der Waals surface area contributed by atoms with Gasteiger partial charge >= 0.3 is 0 Å². The minimum atomic E-state index is -0.694. The molecule has 1 aromatic rings. The Kier molecular flexibility index (Phi) is 6.15. The molecule has 8 atom stereocenters. The van der Waals surface area contributed by atoms with E-state index in [-0.39, 0.29) is 12.4 Å². The molecule has 0 radical (unpaired) electrons. The Morgan fingerprint density at radius 1 is 0.971 bits per heavy atom. The van der Waals surface area contributed by atoms with Gasteiger partial charge in [-0.3, -0.25) is 4.90 Å². The van der Waals surface area contributed by atoms with Gasteiger partial charge in [0.2, 0.25) is 5.79 Å². The van der Waals surface area contributed by atoms with Crippen LogP contribution in [0.25, 0.3) is 0 Å². The summed E-state index contributed by atoms with van der Waals surface area (Å²) in [6, 6.07) is 8.20. The van der Waals surface area contributed by atoms with Gasteiger partial charge in [0.05, 0.1) is 6.10 Å². The van der Waals surface area contributed by atoms with Gasteiger partial charge in [-0.15, -0.1) is 0 Å². The average molecular weight is 491 g/mol. The molecular weight excluding hydrogens is 452 g/mol. The number of hydrogen-bond donors (Lipinski definition) is 0. The van der Waals surface area contributed by atoms with Crippen LogP contribution in [-0.2, 0) is 19.2 Å². The van der Waals surface area contributed by atoms with E-state index >= 15 is 0 Å². The number of piperazine rings is 1. The molecule has 188 valence electrons. The molecule has 0 unspecified atom stereocenters. The molecule has 6 nitrogen and oxygen atoms in total. The minimum Gasteiger partial charge on any atom is -0.369 e. The molecular formula is C27H39ClN2O4. The number of hydrogen-bond acceptors (Lipinski definition) is 6. The van der Waals surface area contributed by atoms with E-state index in [0.29, 0.717) is 23.7 Å². The maximum Gasteiger partial charge on any atom is 0.201 e. The first-order valence-electron chi connectivity index (χ1n) is 13.3. The Hall–Kier alpha value is -0.890. The van der Waals surface area contributed by atoms with Crippen molar-refractivity contribution in [3.8, 4) is 0 Å². The molecule has 34 heavy (non-hydrogen) atoms. The van der Waals surface area contributed by atoms with E-state index in [1.54, 1.807) is 0 Å². The molecule has 7 rings (SSSR count). The number of ether oxygens (including phenoxy) is 2. The lowest BCUT2D eigenvalue weighted by Crippen LogP contribution is -2.70. The second kappa shape index (κ2) is 8.89. The van der Waals surface area contributed by atoms with Gasteiger partial charge < -0.3 is 14.4 Å². The van der Waals surface area contributed by atoms with Gasteiger partial charge in [0.1, 0.15) is 0 Å². The summed E-state index contributed by atoms with van der Waals surface area (Å²) in [6.45, 7) is 12.0. The zero-order valence-electron chi connectivity index (χ0n) is 20.7. The van der Waals surface area contributed by atoms with Crippen molar-refractivity contribution in [1.29, 1.82) is 0 Å². The van der Waals surface area contributed by atoms with Crippen LogP contribution < -0.4 is 4.90 Å². The third kappa shape index (κ3) is 3.89. The highest BCUT2D eigenvalue weighted by Crippen LogP contribution is 2.60. The van der Waals surface area contributed by atoms with Crippen LogP contribution in [0.4, 0.5) is 5.69 Å². The van der Waals surface area contributed by atoms with Crippen molar-refractivity contribution >= 4 is 17.3 Å². The molecule has 0 amide bonds. The molecule has 7 heteroatoms. The van der Waals surface area contributed by atoms with Crippen LogP contribution in [0.3, 0.4) is 0 Å². The Bertz CT molecular complexity index is 878. The fourth-order valence-corrected chi connectivity index (χ4v) is 7.63. The molecule has 6 aliphatic rings. The van der Waals surface area contributed by atoms with Crippen LogP contribution in [0.15, 0.2) is 24.3 Å². The molecule has 0 aromatic heterocycles. The van der Waals surface area contributed by atoms with Gasteiger partial charge in [0.15, 0.2) is 11.9 Å². The molecule has 6 fully saturated rings. The van der Waals surface area contributed by atoms with E-state index in [1.807, 2.05) is 19.1 Å². The molecule has 0 N–H and O–H groups in total. The highest BCUT2D eigenvalue weighted by Gasteiger charge is 2.69. The average Bonchev–Trinajstić information content (AvgIpc) is 3.07. The Morgan fingerprint density at radius 2 is 1.74 bits per heavy atom. The second-order valence-corrected chi connectivity index (χ2v) is 12.0. The quantitative estimate of drug-likeness (QED) is 0.547. The van der Waals surface area contributed by atoms with Crippen molar-refractivity contribution in [1.82, 2.24) is 4.90 Å². The Morgan fingerprint density at radius 3 is 2.50 bits per heavy atom. The minimum absolute atomic E-state index is 0.190. The standard InChI is InChI=1S/C27H39ClN2O4/c1-18-4-9-23-19(2)24(31-25-27(23)22(18)10-12-26(3,32-25)33-34-27)11-13-29-14-16-30(17-15-29)21-7-5-20(28)6-8-21/h5-8,18-19,22-25H,4,9-17H2,1-3H3/t18-,19-,22+,23+,24-,25-,26-,27-/m1/s1. The largest absolute Gasteiger partial charge is 0.369 e. The summed E-state index contributed by atoms with van der Waals surface area (Å²) in [7, 11) is 0. The lowest BCUT2D eigenvalue weighted by Gasteiger charge is -2.60. The van der Waals surface area contributed by atoms with Crippen LogP contribution in [0.1, 0.15) is 52.9 Å². The first-order valence-corrected chi connectivity index (χ1v) is 13.7. The van der Waals surface area contributed by atoms with Crippen LogP contribution in [-0.4, -0.2) is 61.4 Å². The monoisotopic (exact) mass is 490 g/mol. The highest BCUT2D eigenvalue weighted by atomic mass is 35.5. The van der Waals surface area contributed by atoms with E-state index < -0.39 is 11.4 Å². The summed E-state index contributed by atoms with van der Waals surface area (Å²) in [6.07, 6.45) is 5.28. The molecule has 1 aliphatic carbocycles. The van der Waals surface area contributed by atoms with Gasteiger partial charge in [-0.2, -0.15) is 0 Å². The van der Waals surface area contributed by atoms with Crippen LogP contribution >= 0.6 is 11.6 Å². The van der Waals surface area contributed by atoms with Crippen molar-refractivity contribution in [2.24, 2.45) is 23.7 Å². The fourth-order valence-electron chi connectivity index (χ4n) is 7.50. The third-order valence-electron chi connectivity index (χ3n) is 9.59. The molecule has 2 bridgehead atoms. The van der Waals surface area contributed by atoms with E-state index in [2.05, 4.69) is 35.8 Å². The van der Waals surface area contributed by atoms with E-state index in [4.69, 9.17) is 30.8 Å². The summed E-state index contributed by atoms with van der Waals surface area (Å²) < 4.78 is 13.3. The zero-order valence-corrected chi connectivity index (χ0v) is 21.5. The maximum atomic E-state index is 6.77. The van der Waals surface area contributed by atoms with Gasteiger partial charge in [-0.1, -0.05) is 25.4 Å². The summed E-state index contributed by atoms with van der Waals surface area (Å²) in [5.74, 6) is 1.19. The van der Waals surface area contributed by atoms with Gasteiger partial charge in [-0.25, -0.2) is 9.78 Å². The predicted molar refractivity (Wildman–Crippen MR) is 132 cm³/mol. The lowest BCUT2D eigenvalue weighted by atomic mass is 9.57. The van der Waals surface area contributed by atoms with Gasteiger partial charge in [0.25, 0.3) is 0 Å². The van der Waals surface area contributed by atoms with E-state index in [0.717, 1.165) is 57.0 Å². The zero-order chi connectivity index (χ0) is 23.5. The highest BCUT2D eigenvalue weighted by molar-refractivity contribution is 6.30. The van der Waals surface area contributed by atoms with E-state index in [9.17, 15) is 0 Å². The van der Waals surface area contributed by atoms with Crippen molar-refractivity contribution in [3.63, 3.8) is 0 Å². The Labute approximate surface area is 208 Å². The maximum absolute atomic E-state index is 6.77. The number of fused-ring (bicyclic) bond motifs is 2. The topological polar surface area (TPSA) is 43.4 Å². The lowest BCUT2D eigenvalue weighted by molar-refractivity contribution is -0.571. The summed E-state index contributed by atoms with van der Waals surface area (Å²) >= 11 is 6.06. The van der Waals surface area contributed by atoms with Crippen LogP contribution in [0.5, 0.6) is 0 Å². The van der Waals surface area contributed by atoms with E-state index in [1.165, 1.54) is 18.5 Å². The molecule has 5 saturated heterocycles. The molecule has 5 aliphatic heterocycles. The number of halogens is 1. The fraction of sp³-hybridized carbons (Fsp3) is 0.778. The summed E-state index contributed by atoms with van der Waals surface area (Å²) in [5, 5.41) is 0.793. The van der Waals surface area contributed by atoms with Gasteiger partial charge in [-0.05, 0) is 74.6 Å². The molecule has 1 aromatic carbocycles. The van der Waals surface area contributed by atoms with Crippen LogP contribution in [0.2, 0.25) is 5.02 Å². The van der Waals surface area contributed by atoms with Crippen molar-refractivity contribution in [2.75, 3.05) is 37.6 Å². The molecule has 5 heterocycles. The normalized spacial score (nSPS) is 44.5. The number of nitrogens with zero attached hydrogens (tertiary/aromatic N) is 2. The Balaban J connectivity index is 1.11. The summed E-state index contributed by atoms with van der Waals surface area (Å²) in [5.41, 5.74) is 0.810. The smallest absolute Gasteiger partial charge is 0.201 e. The predicted octanol–water partition coefficient (Wildman–Crippen LogP) is 5.10. The molecule has 1 spiro atoms. The summed E-state index contributed by atoms with van der Waals surface area (Å²) in [4.78, 5) is 17.3. The van der Waals surface area contributed by atoms with Crippen LogP contribution in [0, 0.1) is 23.7 Å². The SMILES string of the molecule is C[C@H]1[C@@H](CCN2CCN(c3ccc(Cl)cc3)CC2)O[C@@H]2O[C@@]3(C)CC[C@H]4[C@H](C)CC[C@@H]1[C@@]24OO3. The first-order chi connectivity index (χ1) is 16.4. The van der Waals surface area contributed by atoms with Gasteiger partial charge in [0, 0.05) is 55.8 Å². The van der Waals surface area contributed by atoms with Crippen molar-refractivity contribution in [2.45, 2.75) is 76.7 Å². The van der Waals surface area contributed by atoms with Crippen molar-refractivity contribution < 1.29 is 19.2 Å². The second-order valence-electron chi connectivity index (χ2n) is 11.5. The third-order valence-corrected chi connectivity index (χ3v) is 9.84.